The van der Waals surface area contributed by atoms with Gasteiger partial charge in [-0.1, -0.05) is 40.5 Å². The molecule has 0 radical (unpaired) electrons. The maximum atomic E-state index is 13.4. The van der Waals surface area contributed by atoms with Crippen LogP contribution >= 0.6 is 11.6 Å². The molecule has 0 saturated heterocycles. The third-order valence-corrected chi connectivity index (χ3v) is 10.5. The number of carbonyl (C=O) groups is 2. The van der Waals surface area contributed by atoms with Gasteiger partial charge in [-0.2, -0.15) is 31.3 Å². The molecule has 0 unspecified atom stereocenters. The summed E-state index contributed by atoms with van der Waals surface area (Å²) in [7, 11) is -8.24. The molecule has 1 amide bonds. The summed E-state index contributed by atoms with van der Waals surface area (Å²) in [4.78, 5) is 24.9. The second kappa shape index (κ2) is 16.8. The van der Waals surface area contributed by atoms with Crippen molar-refractivity contribution in [1.82, 2.24) is 0 Å². The van der Waals surface area contributed by atoms with Crippen LogP contribution in [0.2, 0.25) is 0 Å². The van der Waals surface area contributed by atoms with Crippen molar-refractivity contribution < 1.29 is 52.8 Å². The largest absolute Gasteiger partial charge is 0.417 e. The van der Waals surface area contributed by atoms with Gasteiger partial charge >= 0.3 is 12.4 Å². The van der Waals surface area contributed by atoms with Crippen LogP contribution in [-0.4, -0.2) is 45.5 Å². The second-order valence-electron chi connectivity index (χ2n) is 10.2. The maximum Gasteiger partial charge on any atom is 0.417 e. The Bertz CT molecular complexity index is 1700. The van der Waals surface area contributed by atoms with Gasteiger partial charge in [0.1, 0.15) is 0 Å². The monoisotopic (exact) mass is 735 g/mol. The molecule has 0 atom stereocenters. The lowest BCUT2D eigenvalue weighted by molar-refractivity contribution is -0.140. The number of unbranched alkanes of at least 4 members (excludes halogenated alkanes) is 2. The number of hydrogen-bond acceptors (Lipinski definition) is 6. The number of aryl methyl sites for hydroxylation is 2. The van der Waals surface area contributed by atoms with E-state index in [1.165, 1.54) is 0 Å². The molecule has 0 bridgehead atoms. The van der Waals surface area contributed by atoms with Crippen molar-refractivity contribution in [2.24, 2.45) is 16.5 Å². The summed E-state index contributed by atoms with van der Waals surface area (Å²) in [6, 6.07) is 2.85. The van der Waals surface area contributed by atoms with Crippen LogP contribution in [0.3, 0.4) is 0 Å². The van der Waals surface area contributed by atoms with E-state index < -0.39 is 75.8 Å². The molecule has 0 aliphatic carbocycles. The van der Waals surface area contributed by atoms with Crippen LogP contribution in [-0.2, 0) is 44.9 Å². The second-order valence-corrected chi connectivity index (χ2v) is 14.7. The fourth-order valence-corrected chi connectivity index (χ4v) is 7.85. The maximum absolute atomic E-state index is 13.4. The predicted octanol–water partition coefficient (Wildman–Crippen LogP) is 6.48. The molecule has 47 heavy (non-hydrogen) atoms. The lowest BCUT2D eigenvalue weighted by atomic mass is 10.0. The van der Waals surface area contributed by atoms with E-state index in [0.717, 1.165) is 12.1 Å². The fourth-order valence-electron chi connectivity index (χ4n) is 4.23. The third-order valence-electron chi connectivity index (χ3n) is 6.66. The Morgan fingerprint density at radius 3 is 1.36 bits per heavy atom. The van der Waals surface area contributed by atoms with Gasteiger partial charge in [0.15, 0.2) is 25.6 Å². The van der Waals surface area contributed by atoms with E-state index in [-0.39, 0.29) is 53.7 Å². The third kappa shape index (κ3) is 11.5. The fraction of sp³-hybridized carbons (Fsp3) is 0.483. The quantitative estimate of drug-likeness (QED) is 0.108. The minimum Gasteiger partial charge on any atom is -0.370 e. The van der Waals surface area contributed by atoms with E-state index in [9.17, 15) is 52.8 Å². The number of rotatable bonds is 12. The van der Waals surface area contributed by atoms with Gasteiger partial charge in [-0.25, -0.2) is 16.8 Å². The number of benzene rings is 2. The van der Waals surface area contributed by atoms with Crippen LogP contribution in [0.15, 0.2) is 39.0 Å². The molecule has 2 rings (SSSR count). The van der Waals surface area contributed by atoms with Gasteiger partial charge < -0.3 is 11.5 Å². The standard InChI is InChI=1S/C15H20F3N3O3S.C14H16ClF3O3S/c1-3-5-6-25(23,24)12-7-9(4-2)10(13(22)21-14(19)20)8-11(12)15(16,17)18;1-3-5-6-22(20,21)12-7-9(4-2)10(13(15)19)8-11(12)14(16,17)18/h7-8H,3-6H2,1-2H3,(H4,19,20,21,22);7-8H,3-6H2,1-2H3. The summed E-state index contributed by atoms with van der Waals surface area (Å²) < 4.78 is 129. The highest BCUT2D eigenvalue weighted by Gasteiger charge is 2.39. The molecule has 0 spiro atoms. The SMILES string of the molecule is CCCCS(=O)(=O)c1cc(CC)c(C(=O)Cl)cc1C(F)(F)F.CCCCS(=O)(=O)c1cc(CC)c(C(=O)N=C(N)N)cc1C(F)(F)F. The Morgan fingerprint density at radius 1 is 0.702 bits per heavy atom. The number of aliphatic imine (C=N–C) groups is 1. The highest BCUT2D eigenvalue weighted by atomic mass is 35.5. The van der Waals surface area contributed by atoms with Gasteiger partial charge in [0.05, 0.1) is 32.4 Å². The van der Waals surface area contributed by atoms with E-state index >= 15 is 0 Å². The average Bonchev–Trinajstić information content (AvgIpc) is 2.96. The highest BCUT2D eigenvalue weighted by molar-refractivity contribution is 7.91. The Morgan fingerprint density at radius 2 is 1.06 bits per heavy atom. The van der Waals surface area contributed by atoms with Gasteiger partial charge in [0.25, 0.3) is 11.1 Å². The van der Waals surface area contributed by atoms with E-state index in [4.69, 9.17) is 23.1 Å². The highest BCUT2D eigenvalue weighted by Crippen LogP contribution is 2.38. The van der Waals surface area contributed by atoms with Gasteiger partial charge in [0, 0.05) is 11.1 Å². The predicted molar refractivity (Wildman–Crippen MR) is 166 cm³/mol. The molecule has 0 fully saturated rings. The first-order chi connectivity index (χ1) is 21.5. The Kier molecular flexibility index (Phi) is 14.9. The number of halogens is 7. The first-order valence-electron chi connectivity index (χ1n) is 14.3. The summed E-state index contributed by atoms with van der Waals surface area (Å²) in [5.74, 6) is -2.43. The molecule has 0 aromatic heterocycles. The summed E-state index contributed by atoms with van der Waals surface area (Å²) in [6.07, 6.45) is -7.96. The van der Waals surface area contributed by atoms with Crippen molar-refractivity contribution >= 4 is 48.4 Å². The van der Waals surface area contributed by atoms with Crippen molar-refractivity contribution in [2.45, 2.75) is 88.4 Å². The molecular formula is C29H36ClF6N3O6S2. The molecule has 0 saturated carbocycles. The topological polar surface area (TPSA) is 167 Å². The molecule has 9 nitrogen and oxygen atoms in total. The molecule has 0 heterocycles. The number of guanidine groups is 1. The molecule has 4 N–H and O–H groups in total. The molecule has 0 aliphatic heterocycles. The van der Waals surface area contributed by atoms with Gasteiger partial charge in [-0.05, 0) is 72.7 Å². The molecule has 0 aliphatic rings. The zero-order valence-electron chi connectivity index (χ0n) is 26.0. The van der Waals surface area contributed by atoms with Crippen molar-refractivity contribution in [2.75, 3.05) is 11.5 Å². The molecule has 264 valence electrons. The van der Waals surface area contributed by atoms with Gasteiger partial charge in [-0.15, -0.1) is 0 Å². The Balaban J connectivity index is 0.000000474. The van der Waals surface area contributed by atoms with Crippen LogP contribution < -0.4 is 11.5 Å². The smallest absolute Gasteiger partial charge is 0.370 e. The molecular weight excluding hydrogens is 700 g/mol. The number of hydrogen-bond donors (Lipinski definition) is 2. The zero-order chi connectivity index (χ0) is 36.5. The normalized spacial score (nSPS) is 12.2. The van der Waals surface area contributed by atoms with Crippen molar-refractivity contribution in [3.63, 3.8) is 0 Å². The number of sulfone groups is 2. The van der Waals surface area contributed by atoms with Crippen LogP contribution in [0, 0.1) is 0 Å². The number of alkyl halides is 6. The number of nitrogens with zero attached hydrogens (tertiary/aromatic N) is 1. The summed E-state index contributed by atoms with van der Waals surface area (Å²) >= 11 is 5.30. The number of carbonyl (C=O) groups excluding carboxylic acids is 2. The van der Waals surface area contributed by atoms with Crippen molar-refractivity contribution in [1.29, 1.82) is 0 Å². The van der Waals surface area contributed by atoms with Crippen LogP contribution in [0.4, 0.5) is 26.3 Å². The first-order valence-corrected chi connectivity index (χ1v) is 17.9. The molecule has 2 aromatic carbocycles. The minimum absolute atomic E-state index is 0.123. The van der Waals surface area contributed by atoms with E-state index in [0.29, 0.717) is 25.0 Å². The zero-order valence-corrected chi connectivity index (χ0v) is 28.4. The first kappa shape index (κ1) is 41.8. The van der Waals surface area contributed by atoms with Crippen molar-refractivity contribution in [3.8, 4) is 0 Å². The van der Waals surface area contributed by atoms with Crippen LogP contribution in [0.1, 0.15) is 96.3 Å². The molecule has 18 heteroatoms. The molecule has 2 aromatic rings. The lowest BCUT2D eigenvalue weighted by Gasteiger charge is -2.17. The van der Waals surface area contributed by atoms with E-state index in [1.807, 2.05) is 0 Å². The van der Waals surface area contributed by atoms with Gasteiger partial charge in [0.2, 0.25) is 0 Å². The summed E-state index contributed by atoms with van der Waals surface area (Å²) in [6.45, 7) is 6.66. The van der Waals surface area contributed by atoms with Crippen LogP contribution in [0.5, 0.6) is 0 Å². The Hall–Kier alpha value is -3.18. The number of amides is 1. The minimum atomic E-state index is -4.95. The average molecular weight is 736 g/mol. The van der Waals surface area contributed by atoms with Gasteiger partial charge in [-0.3, -0.25) is 9.59 Å². The summed E-state index contributed by atoms with van der Waals surface area (Å²) in [5.41, 5.74) is 7.06. The Labute approximate surface area is 274 Å². The summed E-state index contributed by atoms with van der Waals surface area (Å²) in [5, 5.41) is -1.04. The van der Waals surface area contributed by atoms with Crippen molar-refractivity contribution in [3.05, 3.63) is 57.6 Å². The van der Waals surface area contributed by atoms with Crippen LogP contribution in [0.25, 0.3) is 0 Å². The lowest BCUT2D eigenvalue weighted by Crippen LogP contribution is -2.25. The van der Waals surface area contributed by atoms with E-state index in [2.05, 4.69) is 4.99 Å². The van der Waals surface area contributed by atoms with E-state index in [1.54, 1.807) is 27.7 Å². The number of nitrogens with two attached hydrogens (primary N) is 2.